The summed E-state index contributed by atoms with van der Waals surface area (Å²) in [6.07, 6.45) is 2.20. The van der Waals surface area contributed by atoms with Crippen LogP contribution in [0.2, 0.25) is 0 Å². The van der Waals surface area contributed by atoms with Crippen LogP contribution in [-0.2, 0) is 11.3 Å². The Morgan fingerprint density at radius 3 is 2.83 bits per heavy atom. The van der Waals surface area contributed by atoms with E-state index in [9.17, 15) is 4.79 Å². The van der Waals surface area contributed by atoms with E-state index in [1.165, 1.54) is 5.56 Å². The lowest BCUT2D eigenvalue weighted by Crippen LogP contribution is -2.43. The average molecular weight is 246 g/mol. The van der Waals surface area contributed by atoms with Gasteiger partial charge in [0.2, 0.25) is 5.91 Å². The highest BCUT2D eigenvalue weighted by Crippen LogP contribution is 2.09. The van der Waals surface area contributed by atoms with E-state index in [4.69, 9.17) is 5.73 Å². The topological polar surface area (TPSA) is 46.3 Å². The second kappa shape index (κ2) is 6.97. The molecule has 0 spiro atoms. The Morgan fingerprint density at radius 2 is 2.28 bits per heavy atom. The molecule has 0 heterocycles. The number of rotatable bonds is 6. The highest BCUT2D eigenvalue weighted by molar-refractivity contribution is 5.81. The summed E-state index contributed by atoms with van der Waals surface area (Å²) in [5.74, 6) is -0.0149. The Balaban J connectivity index is 2.72. The van der Waals surface area contributed by atoms with Crippen LogP contribution in [0.1, 0.15) is 24.5 Å². The van der Waals surface area contributed by atoms with Crippen LogP contribution in [0, 0.1) is 6.92 Å². The first-order chi connectivity index (χ1) is 8.58. The quantitative estimate of drug-likeness (QED) is 0.782. The molecule has 0 aromatic heterocycles. The number of hydrogen-bond donors (Lipinski definition) is 1. The molecule has 0 saturated heterocycles. The van der Waals surface area contributed by atoms with E-state index in [0.29, 0.717) is 19.5 Å². The molecule has 98 valence electrons. The molecule has 2 N–H and O–H groups in total. The Bertz CT molecular complexity index is 415. The SMILES string of the molecule is C=CCC(N)C(=O)N(CC)Cc1cccc(C)c1. The first-order valence-corrected chi connectivity index (χ1v) is 6.29. The van der Waals surface area contributed by atoms with Gasteiger partial charge in [-0.05, 0) is 25.8 Å². The monoisotopic (exact) mass is 246 g/mol. The van der Waals surface area contributed by atoms with E-state index in [0.717, 1.165) is 5.56 Å². The van der Waals surface area contributed by atoms with Crippen LogP contribution in [0.5, 0.6) is 0 Å². The van der Waals surface area contributed by atoms with E-state index in [2.05, 4.69) is 12.6 Å². The first-order valence-electron chi connectivity index (χ1n) is 6.29. The zero-order valence-corrected chi connectivity index (χ0v) is 11.2. The van der Waals surface area contributed by atoms with Crippen molar-refractivity contribution in [3.8, 4) is 0 Å². The molecule has 0 aliphatic heterocycles. The fourth-order valence-corrected chi connectivity index (χ4v) is 1.89. The summed E-state index contributed by atoms with van der Waals surface area (Å²) < 4.78 is 0. The standard InChI is InChI=1S/C15H22N2O/c1-4-7-14(16)15(18)17(5-2)11-13-9-6-8-12(3)10-13/h4,6,8-10,14H,1,5,7,11,16H2,2-3H3. The second-order valence-electron chi connectivity index (χ2n) is 4.47. The summed E-state index contributed by atoms with van der Waals surface area (Å²) in [4.78, 5) is 13.9. The van der Waals surface area contributed by atoms with Crippen LogP contribution < -0.4 is 5.73 Å². The lowest BCUT2D eigenvalue weighted by Gasteiger charge is -2.24. The summed E-state index contributed by atoms with van der Waals surface area (Å²) in [5.41, 5.74) is 8.16. The van der Waals surface area contributed by atoms with Crippen LogP contribution in [0.15, 0.2) is 36.9 Å². The van der Waals surface area contributed by atoms with Gasteiger partial charge in [0.1, 0.15) is 0 Å². The maximum Gasteiger partial charge on any atom is 0.240 e. The number of carbonyl (C=O) groups is 1. The number of hydrogen-bond acceptors (Lipinski definition) is 2. The highest BCUT2D eigenvalue weighted by Gasteiger charge is 2.18. The number of benzene rings is 1. The first kappa shape index (κ1) is 14.5. The zero-order chi connectivity index (χ0) is 13.5. The summed E-state index contributed by atoms with van der Waals surface area (Å²) in [6, 6.07) is 7.70. The molecule has 1 aromatic rings. The molecular weight excluding hydrogens is 224 g/mol. The van der Waals surface area contributed by atoms with Crippen LogP contribution >= 0.6 is 0 Å². The van der Waals surface area contributed by atoms with Gasteiger partial charge in [-0.25, -0.2) is 0 Å². The number of likely N-dealkylation sites (N-methyl/N-ethyl adjacent to an activating group) is 1. The van der Waals surface area contributed by atoms with Crippen LogP contribution in [0.3, 0.4) is 0 Å². The van der Waals surface area contributed by atoms with Gasteiger partial charge in [-0.2, -0.15) is 0 Å². The number of nitrogens with zero attached hydrogens (tertiary/aromatic N) is 1. The highest BCUT2D eigenvalue weighted by atomic mass is 16.2. The molecule has 3 nitrogen and oxygen atoms in total. The Morgan fingerprint density at radius 1 is 1.56 bits per heavy atom. The van der Waals surface area contributed by atoms with E-state index >= 15 is 0 Å². The molecule has 0 saturated carbocycles. The Labute approximate surface area is 109 Å². The molecule has 1 amide bonds. The Hall–Kier alpha value is -1.61. The van der Waals surface area contributed by atoms with E-state index in [1.807, 2.05) is 32.0 Å². The average Bonchev–Trinajstić information content (AvgIpc) is 2.35. The van der Waals surface area contributed by atoms with Crippen molar-refractivity contribution in [3.63, 3.8) is 0 Å². The molecule has 1 rings (SSSR count). The summed E-state index contributed by atoms with van der Waals surface area (Å²) >= 11 is 0. The summed E-state index contributed by atoms with van der Waals surface area (Å²) in [6.45, 7) is 8.90. The third-order valence-corrected chi connectivity index (χ3v) is 2.89. The maximum absolute atomic E-state index is 12.1. The third kappa shape index (κ3) is 4.00. The van der Waals surface area contributed by atoms with Crippen molar-refractivity contribution in [1.82, 2.24) is 4.90 Å². The Kier molecular flexibility index (Phi) is 5.59. The van der Waals surface area contributed by atoms with Gasteiger partial charge in [0.05, 0.1) is 6.04 Å². The second-order valence-corrected chi connectivity index (χ2v) is 4.47. The molecule has 18 heavy (non-hydrogen) atoms. The number of amides is 1. The lowest BCUT2D eigenvalue weighted by atomic mass is 10.1. The van der Waals surface area contributed by atoms with Crippen molar-refractivity contribution < 1.29 is 4.79 Å². The van der Waals surface area contributed by atoms with E-state index in [-0.39, 0.29) is 5.91 Å². The van der Waals surface area contributed by atoms with Gasteiger partial charge < -0.3 is 10.6 Å². The number of aryl methyl sites for hydroxylation is 1. The molecular formula is C15H22N2O. The maximum atomic E-state index is 12.1. The molecule has 1 unspecified atom stereocenters. The molecule has 3 heteroatoms. The van der Waals surface area contributed by atoms with Crippen molar-refractivity contribution in [3.05, 3.63) is 48.0 Å². The van der Waals surface area contributed by atoms with Crippen LogP contribution in [0.4, 0.5) is 0 Å². The predicted molar refractivity (Wildman–Crippen MR) is 75.1 cm³/mol. The van der Waals surface area contributed by atoms with Gasteiger partial charge in [0.25, 0.3) is 0 Å². The van der Waals surface area contributed by atoms with E-state index < -0.39 is 6.04 Å². The number of carbonyl (C=O) groups excluding carboxylic acids is 1. The lowest BCUT2D eigenvalue weighted by molar-refractivity contribution is -0.132. The van der Waals surface area contributed by atoms with Crippen molar-refractivity contribution in [2.45, 2.75) is 32.9 Å². The van der Waals surface area contributed by atoms with E-state index in [1.54, 1.807) is 11.0 Å². The molecule has 1 atom stereocenters. The zero-order valence-electron chi connectivity index (χ0n) is 11.2. The smallest absolute Gasteiger partial charge is 0.240 e. The minimum absolute atomic E-state index is 0.0149. The van der Waals surface area contributed by atoms with Crippen LogP contribution in [-0.4, -0.2) is 23.4 Å². The minimum atomic E-state index is -0.479. The van der Waals surface area contributed by atoms with Gasteiger partial charge in [-0.15, -0.1) is 6.58 Å². The molecule has 1 aromatic carbocycles. The summed E-state index contributed by atoms with van der Waals surface area (Å²) in [5, 5.41) is 0. The van der Waals surface area contributed by atoms with Gasteiger partial charge in [-0.3, -0.25) is 4.79 Å². The molecule has 0 fully saturated rings. The fourth-order valence-electron chi connectivity index (χ4n) is 1.89. The van der Waals surface area contributed by atoms with Gasteiger partial charge in [0, 0.05) is 13.1 Å². The predicted octanol–water partition coefficient (Wildman–Crippen LogP) is 2.25. The third-order valence-electron chi connectivity index (χ3n) is 2.89. The largest absolute Gasteiger partial charge is 0.337 e. The van der Waals surface area contributed by atoms with Crippen LogP contribution in [0.25, 0.3) is 0 Å². The molecule has 0 aliphatic rings. The molecule has 0 aliphatic carbocycles. The fraction of sp³-hybridized carbons (Fsp3) is 0.400. The van der Waals surface area contributed by atoms with Gasteiger partial charge in [-0.1, -0.05) is 35.9 Å². The summed E-state index contributed by atoms with van der Waals surface area (Å²) in [7, 11) is 0. The molecule has 0 radical (unpaired) electrons. The normalized spacial score (nSPS) is 11.9. The van der Waals surface area contributed by atoms with Crippen molar-refractivity contribution in [1.29, 1.82) is 0 Å². The van der Waals surface area contributed by atoms with Gasteiger partial charge in [0.15, 0.2) is 0 Å². The van der Waals surface area contributed by atoms with Gasteiger partial charge >= 0.3 is 0 Å². The molecule has 0 bridgehead atoms. The van der Waals surface area contributed by atoms with Crippen molar-refractivity contribution in [2.75, 3.05) is 6.54 Å². The number of nitrogens with two attached hydrogens (primary N) is 1. The minimum Gasteiger partial charge on any atom is -0.337 e. The van der Waals surface area contributed by atoms with Crippen molar-refractivity contribution >= 4 is 5.91 Å². The van der Waals surface area contributed by atoms with Crippen molar-refractivity contribution in [2.24, 2.45) is 5.73 Å².